The average molecular weight is 591 g/mol. The van der Waals surface area contributed by atoms with Crippen LogP contribution in [0.15, 0.2) is 48.5 Å². The number of amides is 2. The van der Waals surface area contributed by atoms with Gasteiger partial charge in [0.25, 0.3) is 11.8 Å². The fraction of sp³-hybridized carbons (Fsp3) is 0.483. The lowest BCUT2D eigenvalue weighted by atomic mass is 10.1. The number of hydrogen-bond acceptors (Lipinski definition) is 7. The second-order valence-corrected chi connectivity index (χ2v) is 11.5. The number of hydrogen-bond donors (Lipinski definition) is 2. The average Bonchev–Trinajstić information content (AvgIpc) is 2.95. The summed E-state index contributed by atoms with van der Waals surface area (Å²) in [7, 11) is 0. The summed E-state index contributed by atoms with van der Waals surface area (Å²) in [5.41, 5.74) is 7.81. The van der Waals surface area contributed by atoms with E-state index in [1.54, 1.807) is 24.3 Å². The predicted molar refractivity (Wildman–Crippen MR) is 160 cm³/mol. The van der Waals surface area contributed by atoms with E-state index in [2.05, 4.69) is 4.90 Å². The molecule has 0 saturated carbocycles. The van der Waals surface area contributed by atoms with Gasteiger partial charge in [-0.1, -0.05) is 23.7 Å². The maximum Gasteiger partial charge on any atom is 0.326 e. The molecule has 1 aliphatic heterocycles. The Morgan fingerprint density at radius 1 is 1.05 bits per heavy atom. The highest BCUT2D eigenvalue weighted by atomic mass is 35.5. The number of nitrogens with zero attached hydrogens (tertiary/aromatic N) is 3. The lowest BCUT2D eigenvalue weighted by Crippen LogP contribution is -2.49. The third-order valence-electron chi connectivity index (χ3n) is 6.60. The van der Waals surface area contributed by atoms with Crippen LogP contribution in [0.25, 0.3) is 0 Å². The normalized spacial score (nSPS) is 14.8. The van der Waals surface area contributed by atoms with Crippen LogP contribution in [-0.2, 0) is 20.7 Å². The first-order valence-electron chi connectivity index (χ1n) is 13.5. The third-order valence-corrected chi connectivity index (χ3v) is 8.06. The molecule has 1 atom stereocenters. The molecule has 1 heterocycles. The van der Waals surface area contributed by atoms with Crippen molar-refractivity contribution in [2.24, 2.45) is 5.73 Å². The number of carbonyl (C=O) groups is 3. The van der Waals surface area contributed by atoms with Gasteiger partial charge in [0.1, 0.15) is 0 Å². The Balaban J connectivity index is 1.61. The SMILES string of the molecule is CC(C)OCCN(C(=O)[C@@H](SCCN)C(=O)O)c1ccc(C(=O)N2CCN(CCc3ccc(Cl)cc3)CC2)cc1. The molecule has 0 aliphatic carbocycles. The molecule has 218 valence electrons. The van der Waals surface area contributed by atoms with E-state index < -0.39 is 17.1 Å². The number of benzene rings is 2. The van der Waals surface area contributed by atoms with E-state index in [1.165, 1.54) is 10.5 Å². The molecule has 2 aromatic rings. The van der Waals surface area contributed by atoms with Crippen molar-refractivity contribution >= 4 is 46.8 Å². The first-order valence-corrected chi connectivity index (χ1v) is 15.0. The minimum absolute atomic E-state index is 0.0308. The highest BCUT2D eigenvalue weighted by molar-refractivity contribution is 8.01. The topological polar surface area (TPSA) is 116 Å². The molecule has 3 rings (SSSR count). The Morgan fingerprint density at radius 3 is 2.27 bits per heavy atom. The summed E-state index contributed by atoms with van der Waals surface area (Å²) in [6, 6.07) is 14.6. The number of carbonyl (C=O) groups excluding carboxylic acids is 2. The van der Waals surface area contributed by atoms with Crippen LogP contribution in [0.1, 0.15) is 29.8 Å². The van der Waals surface area contributed by atoms with Crippen LogP contribution in [0.4, 0.5) is 5.69 Å². The minimum atomic E-state index is -1.28. The van der Waals surface area contributed by atoms with Gasteiger partial charge in [0.15, 0.2) is 5.25 Å². The number of halogens is 1. The molecule has 9 nitrogen and oxygen atoms in total. The van der Waals surface area contributed by atoms with Crippen LogP contribution < -0.4 is 10.6 Å². The van der Waals surface area contributed by atoms with Gasteiger partial charge in [0.05, 0.1) is 12.7 Å². The van der Waals surface area contributed by atoms with Crippen molar-refractivity contribution in [2.75, 3.05) is 63.1 Å². The molecule has 40 heavy (non-hydrogen) atoms. The Kier molecular flexibility index (Phi) is 12.7. The number of piperazine rings is 1. The highest BCUT2D eigenvalue weighted by Gasteiger charge is 2.32. The van der Waals surface area contributed by atoms with Gasteiger partial charge < -0.3 is 25.4 Å². The number of ether oxygens (including phenoxy) is 1. The van der Waals surface area contributed by atoms with Crippen LogP contribution in [-0.4, -0.2) is 102 Å². The second kappa shape index (κ2) is 16.0. The summed E-state index contributed by atoms with van der Waals surface area (Å²) in [6.45, 7) is 8.28. The number of aliphatic carboxylic acids is 1. The molecular weight excluding hydrogens is 552 g/mol. The first-order chi connectivity index (χ1) is 19.2. The molecule has 0 bridgehead atoms. The highest BCUT2D eigenvalue weighted by Crippen LogP contribution is 2.22. The molecular formula is C29H39ClN4O5S. The van der Waals surface area contributed by atoms with Crippen molar-refractivity contribution in [3.63, 3.8) is 0 Å². The number of nitrogens with two attached hydrogens (primary N) is 1. The molecule has 1 saturated heterocycles. The number of carboxylic acids is 1. The fourth-order valence-electron chi connectivity index (χ4n) is 4.40. The van der Waals surface area contributed by atoms with E-state index in [1.807, 2.05) is 43.0 Å². The van der Waals surface area contributed by atoms with Gasteiger partial charge >= 0.3 is 5.97 Å². The Morgan fingerprint density at radius 2 is 1.70 bits per heavy atom. The van der Waals surface area contributed by atoms with Gasteiger partial charge in [-0.3, -0.25) is 19.3 Å². The van der Waals surface area contributed by atoms with Gasteiger partial charge in [0.2, 0.25) is 0 Å². The molecule has 2 amide bonds. The number of thioether (sulfide) groups is 1. The lowest BCUT2D eigenvalue weighted by Gasteiger charge is -2.35. The van der Waals surface area contributed by atoms with Crippen molar-refractivity contribution in [2.45, 2.75) is 31.6 Å². The van der Waals surface area contributed by atoms with Crippen LogP contribution >= 0.6 is 23.4 Å². The fourth-order valence-corrected chi connectivity index (χ4v) is 5.31. The molecule has 0 unspecified atom stereocenters. The monoisotopic (exact) mass is 590 g/mol. The molecule has 1 aliphatic rings. The maximum atomic E-state index is 13.3. The summed E-state index contributed by atoms with van der Waals surface area (Å²) >= 11 is 6.97. The van der Waals surface area contributed by atoms with E-state index in [-0.39, 0.29) is 31.7 Å². The van der Waals surface area contributed by atoms with Crippen LogP contribution in [0.2, 0.25) is 5.02 Å². The van der Waals surface area contributed by atoms with Crippen molar-refractivity contribution in [3.05, 3.63) is 64.7 Å². The zero-order valence-electron chi connectivity index (χ0n) is 23.1. The molecule has 11 heteroatoms. The molecule has 1 fully saturated rings. The number of rotatable bonds is 14. The largest absolute Gasteiger partial charge is 0.480 e. The van der Waals surface area contributed by atoms with E-state index in [0.29, 0.717) is 30.1 Å². The minimum Gasteiger partial charge on any atom is -0.480 e. The lowest BCUT2D eigenvalue weighted by molar-refractivity contribution is -0.139. The molecule has 0 spiro atoms. The Hall–Kier alpha value is -2.63. The van der Waals surface area contributed by atoms with Gasteiger partial charge in [-0.25, -0.2) is 0 Å². The summed E-state index contributed by atoms with van der Waals surface area (Å²) in [5.74, 6) is -1.47. The Bertz CT molecular complexity index is 1110. The smallest absolute Gasteiger partial charge is 0.326 e. The third kappa shape index (κ3) is 9.49. The van der Waals surface area contributed by atoms with Gasteiger partial charge in [-0.05, 0) is 62.2 Å². The summed E-state index contributed by atoms with van der Waals surface area (Å²) in [5, 5.41) is 9.12. The molecule has 0 aromatic heterocycles. The van der Waals surface area contributed by atoms with Crippen LogP contribution in [0.5, 0.6) is 0 Å². The molecule has 0 radical (unpaired) electrons. The van der Waals surface area contributed by atoms with Crippen molar-refractivity contribution in [1.29, 1.82) is 0 Å². The molecule has 2 aromatic carbocycles. The quantitative estimate of drug-likeness (QED) is 0.322. The van der Waals surface area contributed by atoms with Crippen molar-refractivity contribution in [3.8, 4) is 0 Å². The molecule has 3 N–H and O–H groups in total. The second-order valence-electron chi connectivity index (χ2n) is 9.84. The van der Waals surface area contributed by atoms with Crippen molar-refractivity contribution < 1.29 is 24.2 Å². The van der Waals surface area contributed by atoms with Gasteiger partial charge in [-0.2, -0.15) is 0 Å². The maximum absolute atomic E-state index is 13.3. The summed E-state index contributed by atoms with van der Waals surface area (Å²) in [6.07, 6.45) is 0.897. The first kappa shape index (κ1) is 31.9. The zero-order valence-corrected chi connectivity index (χ0v) is 24.7. The van der Waals surface area contributed by atoms with Crippen LogP contribution in [0, 0.1) is 0 Å². The van der Waals surface area contributed by atoms with E-state index >= 15 is 0 Å². The number of carboxylic acid groups (broad SMARTS) is 1. The summed E-state index contributed by atoms with van der Waals surface area (Å²) < 4.78 is 5.62. The Labute approximate surface area is 245 Å². The van der Waals surface area contributed by atoms with E-state index in [0.717, 1.165) is 42.8 Å². The van der Waals surface area contributed by atoms with Gasteiger partial charge in [-0.15, -0.1) is 11.8 Å². The van der Waals surface area contributed by atoms with Gasteiger partial charge in [0, 0.05) is 67.8 Å². The van der Waals surface area contributed by atoms with E-state index in [9.17, 15) is 19.5 Å². The standard InChI is InChI=1S/C29H39ClN4O5S/c1-21(2)39-19-18-34(28(36)26(29(37)38)40-20-12-31)25-9-5-23(6-10-25)27(35)33-16-14-32(15-17-33)13-11-22-3-7-24(30)8-4-22/h3-10,21,26H,11-20,31H2,1-2H3,(H,37,38)/t26-/m1/s1. The summed E-state index contributed by atoms with van der Waals surface area (Å²) in [4.78, 5) is 43.9. The number of anilines is 1. The van der Waals surface area contributed by atoms with Crippen LogP contribution in [0.3, 0.4) is 0 Å². The van der Waals surface area contributed by atoms with Crippen molar-refractivity contribution in [1.82, 2.24) is 9.80 Å². The van der Waals surface area contributed by atoms with E-state index in [4.69, 9.17) is 22.1 Å². The zero-order chi connectivity index (χ0) is 29.1. The predicted octanol–water partition coefficient (Wildman–Crippen LogP) is 3.24.